The van der Waals surface area contributed by atoms with Crippen LogP contribution in [0.1, 0.15) is 39.2 Å². The summed E-state index contributed by atoms with van der Waals surface area (Å²) in [5.74, 6) is -0.917. The van der Waals surface area contributed by atoms with E-state index in [1.807, 2.05) is 44.2 Å². The monoisotopic (exact) mass is 488 g/mol. The molecule has 0 atom stereocenters. The molecule has 2 radical (unpaired) electrons. The second kappa shape index (κ2) is 12.9. The standard InChI is InChI=1S/C25H24BFN4O3.C2H6/c1-2-33-25(32)16-34-21-9-11-30(12-10-21)19-5-7-20(8-6-19)31-23(14-24(26)29-31)17-3-4-18(15-28)22(27)13-17;1-2/h3-8,13-14,21H,2,9-12,16H2,1H3;1-2H3. The number of nitrogens with zero attached hydrogens (tertiary/aromatic N) is 4. The first-order valence-corrected chi connectivity index (χ1v) is 12.2. The van der Waals surface area contributed by atoms with Crippen molar-refractivity contribution in [3.8, 4) is 23.0 Å². The zero-order valence-electron chi connectivity index (χ0n) is 20.9. The van der Waals surface area contributed by atoms with Gasteiger partial charge in [0.25, 0.3) is 0 Å². The Labute approximate surface area is 212 Å². The molecule has 2 aromatic carbocycles. The molecule has 186 valence electrons. The minimum atomic E-state index is -0.587. The quantitative estimate of drug-likeness (QED) is 0.371. The van der Waals surface area contributed by atoms with Crippen molar-refractivity contribution in [3.63, 3.8) is 0 Å². The zero-order chi connectivity index (χ0) is 26.1. The fourth-order valence-electron chi connectivity index (χ4n) is 4.04. The maximum absolute atomic E-state index is 14.2. The maximum Gasteiger partial charge on any atom is 0.332 e. The number of carbonyl (C=O) groups is 1. The average molecular weight is 488 g/mol. The molecule has 1 fully saturated rings. The van der Waals surface area contributed by atoms with Crippen molar-refractivity contribution in [1.82, 2.24) is 9.78 Å². The summed E-state index contributed by atoms with van der Waals surface area (Å²) in [5, 5.41) is 13.3. The highest BCUT2D eigenvalue weighted by molar-refractivity contribution is 6.31. The second-order valence-corrected chi connectivity index (χ2v) is 7.99. The van der Waals surface area contributed by atoms with E-state index in [1.165, 1.54) is 12.1 Å². The molecular weight excluding hydrogens is 458 g/mol. The van der Waals surface area contributed by atoms with E-state index in [1.54, 1.807) is 23.7 Å². The van der Waals surface area contributed by atoms with Gasteiger partial charge < -0.3 is 14.4 Å². The van der Waals surface area contributed by atoms with Crippen molar-refractivity contribution in [1.29, 1.82) is 5.26 Å². The smallest absolute Gasteiger partial charge is 0.332 e. The SMILES string of the molecule is CC.[B]c1cc(-c2ccc(C#N)c(F)c2)n(-c2ccc(N3CCC(OCC(=O)OCC)CC3)cc2)n1. The molecule has 2 heterocycles. The highest BCUT2D eigenvalue weighted by Crippen LogP contribution is 2.26. The largest absolute Gasteiger partial charge is 0.464 e. The molecule has 1 aliphatic heterocycles. The van der Waals surface area contributed by atoms with E-state index in [4.69, 9.17) is 22.6 Å². The summed E-state index contributed by atoms with van der Waals surface area (Å²) in [6, 6.07) is 15.8. The first-order valence-electron chi connectivity index (χ1n) is 12.2. The third-order valence-corrected chi connectivity index (χ3v) is 5.76. The van der Waals surface area contributed by atoms with Crippen LogP contribution >= 0.6 is 0 Å². The van der Waals surface area contributed by atoms with Crippen LogP contribution in [-0.4, -0.2) is 56.0 Å². The van der Waals surface area contributed by atoms with Gasteiger partial charge in [-0.1, -0.05) is 19.9 Å². The van der Waals surface area contributed by atoms with E-state index >= 15 is 0 Å². The molecule has 0 bridgehead atoms. The predicted octanol–water partition coefficient (Wildman–Crippen LogP) is 3.92. The van der Waals surface area contributed by atoms with Gasteiger partial charge in [-0.2, -0.15) is 10.4 Å². The number of hydrogen-bond donors (Lipinski definition) is 0. The van der Waals surface area contributed by atoms with E-state index < -0.39 is 5.82 Å². The number of hydrogen-bond acceptors (Lipinski definition) is 6. The number of halogens is 1. The van der Waals surface area contributed by atoms with Crippen LogP contribution in [0.2, 0.25) is 0 Å². The summed E-state index contributed by atoms with van der Waals surface area (Å²) in [6.45, 7) is 7.75. The molecule has 1 aliphatic rings. The molecule has 1 saturated heterocycles. The topological polar surface area (TPSA) is 80.4 Å². The van der Waals surface area contributed by atoms with E-state index in [-0.39, 0.29) is 24.2 Å². The van der Waals surface area contributed by atoms with Crippen molar-refractivity contribution >= 4 is 25.1 Å². The number of aromatic nitrogens is 2. The lowest BCUT2D eigenvalue weighted by Gasteiger charge is -2.33. The normalized spacial score (nSPS) is 13.5. The van der Waals surface area contributed by atoms with Gasteiger partial charge in [0.2, 0.25) is 0 Å². The van der Waals surface area contributed by atoms with E-state index in [0.717, 1.165) is 37.3 Å². The highest BCUT2D eigenvalue weighted by atomic mass is 19.1. The molecule has 0 unspecified atom stereocenters. The molecular formula is C27H30BFN4O3. The number of esters is 1. The number of ether oxygens (including phenoxy) is 2. The highest BCUT2D eigenvalue weighted by Gasteiger charge is 2.21. The van der Waals surface area contributed by atoms with Crippen molar-refractivity contribution < 1.29 is 18.7 Å². The van der Waals surface area contributed by atoms with Crippen LogP contribution < -0.4 is 10.5 Å². The van der Waals surface area contributed by atoms with Crippen LogP contribution in [0.25, 0.3) is 16.9 Å². The number of benzene rings is 2. The first-order chi connectivity index (χ1) is 17.5. The Bertz CT molecular complexity index is 1200. The van der Waals surface area contributed by atoms with Crippen LogP contribution in [-0.2, 0) is 14.3 Å². The summed E-state index contributed by atoms with van der Waals surface area (Å²) in [7, 11) is 5.94. The van der Waals surface area contributed by atoms with Gasteiger partial charge in [0.1, 0.15) is 26.3 Å². The van der Waals surface area contributed by atoms with Crippen LogP contribution in [0, 0.1) is 17.1 Å². The molecule has 4 rings (SSSR count). The fraction of sp³-hybridized carbons (Fsp3) is 0.370. The van der Waals surface area contributed by atoms with E-state index in [9.17, 15) is 9.18 Å². The van der Waals surface area contributed by atoms with Crippen molar-refractivity contribution in [2.24, 2.45) is 0 Å². The number of anilines is 1. The van der Waals surface area contributed by atoms with Crippen LogP contribution in [0.15, 0.2) is 48.5 Å². The molecule has 7 nitrogen and oxygen atoms in total. The zero-order valence-corrected chi connectivity index (χ0v) is 20.9. The van der Waals surface area contributed by atoms with Crippen LogP contribution in [0.4, 0.5) is 10.1 Å². The predicted molar refractivity (Wildman–Crippen MR) is 138 cm³/mol. The number of carbonyl (C=O) groups excluding carboxylic acids is 1. The van der Waals surface area contributed by atoms with Gasteiger partial charge in [-0.05, 0) is 62.2 Å². The molecule has 3 aromatic rings. The van der Waals surface area contributed by atoms with Gasteiger partial charge in [-0.25, -0.2) is 13.9 Å². The van der Waals surface area contributed by atoms with Gasteiger partial charge in [-0.15, -0.1) is 0 Å². The molecule has 0 aliphatic carbocycles. The van der Waals surface area contributed by atoms with Gasteiger partial charge in [0.15, 0.2) is 0 Å². The Morgan fingerprint density at radius 2 is 1.81 bits per heavy atom. The average Bonchev–Trinajstić information content (AvgIpc) is 3.31. The van der Waals surface area contributed by atoms with E-state index in [2.05, 4.69) is 10.00 Å². The molecule has 36 heavy (non-hydrogen) atoms. The van der Waals surface area contributed by atoms with Gasteiger partial charge in [-0.3, -0.25) is 0 Å². The Morgan fingerprint density at radius 3 is 2.42 bits per heavy atom. The summed E-state index contributed by atoms with van der Waals surface area (Å²) in [6.07, 6.45) is 1.69. The van der Waals surface area contributed by atoms with Crippen molar-refractivity contribution in [3.05, 3.63) is 59.9 Å². The Hall–Kier alpha value is -3.64. The first kappa shape index (κ1) is 27.0. The lowest BCUT2D eigenvalue weighted by molar-refractivity contribution is -0.150. The summed E-state index contributed by atoms with van der Waals surface area (Å²) < 4.78 is 26.4. The second-order valence-electron chi connectivity index (χ2n) is 7.99. The fourth-order valence-corrected chi connectivity index (χ4v) is 4.04. The molecule has 0 spiro atoms. The summed E-state index contributed by atoms with van der Waals surface area (Å²) in [4.78, 5) is 13.7. The minimum absolute atomic E-state index is 0.00826. The molecule has 0 N–H and O–H groups in total. The third kappa shape index (κ3) is 6.52. The third-order valence-electron chi connectivity index (χ3n) is 5.76. The number of rotatable bonds is 7. The van der Waals surface area contributed by atoms with E-state index in [0.29, 0.717) is 23.5 Å². The Morgan fingerprint density at radius 1 is 1.14 bits per heavy atom. The summed E-state index contributed by atoms with van der Waals surface area (Å²) in [5.41, 5.74) is 3.37. The van der Waals surface area contributed by atoms with Gasteiger partial charge >= 0.3 is 5.97 Å². The molecule has 9 heteroatoms. The molecule has 0 saturated carbocycles. The van der Waals surface area contributed by atoms with Crippen LogP contribution in [0.3, 0.4) is 0 Å². The minimum Gasteiger partial charge on any atom is -0.464 e. The van der Waals surface area contributed by atoms with Crippen molar-refractivity contribution in [2.45, 2.75) is 39.7 Å². The molecule has 1 aromatic heterocycles. The van der Waals surface area contributed by atoms with Crippen LogP contribution in [0.5, 0.6) is 0 Å². The van der Waals surface area contributed by atoms with Gasteiger partial charge in [0, 0.05) is 29.9 Å². The van der Waals surface area contributed by atoms with Crippen molar-refractivity contribution in [2.75, 3.05) is 31.2 Å². The molecule has 0 amide bonds. The maximum atomic E-state index is 14.2. The Kier molecular flexibility index (Phi) is 9.65. The number of piperidine rings is 1. The lowest BCUT2D eigenvalue weighted by Crippen LogP contribution is -2.37. The lowest BCUT2D eigenvalue weighted by atomic mass is 10.0. The Balaban J connectivity index is 0.00000176. The summed E-state index contributed by atoms with van der Waals surface area (Å²) >= 11 is 0. The number of nitriles is 1. The van der Waals surface area contributed by atoms with Gasteiger partial charge in [0.05, 0.1) is 29.7 Å².